The number of hydrogen-bond donors (Lipinski definition) is 3. The number of carboxylic acids is 1. The second kappa shape index (κ2) is 5.73. The molecule has 0 aliphatic carbocycles. The summed E-state index contributed by atoms with van der Waals surface area (Å²) in [5.74, 6) is -0.975. The second-order valence-electron chi connectivity index (χ2n) is 5.51. The van der Waals surface area contributed by atoms with Gasteiger partial charge in [0.2, 0.25) is 5.91 Å². The predicted molar refractivity (Wildman–Crippen MR) is 70.0 cm³/mol. The van der Waals surface area contributed by atoms with Crippen LogP contribution < -0.4 is 11.1 Å². The number of nitrogens with two attached hydrogens (primary N) is 1. The minimum atomic E-state index is -1.06. The molecule has 6 heteroatoms. The van der Waals surface area contributed by atoms with Gasteiger partial charge in [0.15, 0.2) is 0 Å². The number of hydrogen-bond acceptors (Lipinski definition) is 4. The van der Waals surface area contributed by atoms with Crippen molar-refractivity contribution in [3.8, 4) is 0 Å². The van der Waals surface area contributed by atoms with E-state index in [1.54, 1.807) is 13.8 Å². The van der Waals surface area contributed by atoms with Gasteiger partial charge in [0.05, 0.1) is 5.75 Å². The van der Waals surface area contributed by atoms with Crippen LogP contribution in [0.2, 0.25) is 0 Å². The van der Waals surface area contributed by atoms with E-state index in [9.17, 15) is 9.59 Å². The van der Waals surface area contributed by atoms with Crippen LogP contribution in [0, 0.1) is 0 Å². The molecule has 0 radical (unpaired) electrons. The van der Waals surface area contributed by atoms with Crippen molar-refractivity contribution < 1.29 is 14.7 Å². The molecule has 0 rings (SSSR count). The third kappa shape index (κ3) is 6.53. The second-order valence-corrected chi connectivity index (χ2v) is 7.14. The number of thioether (sulfide) groups is 1. The lowest BCUT2D eigenvalue weighted by atomic mass is 10.1. The van der Waals surface area contributed by atoms with Gasteiger partial charge in [0.25, 0.3) is 0 Å². The molecular weight excluding hydrogens is 240 g/mol. The minimum absolute atomic E-state index is 0.117. The molecule has 0 aromatic carbocycles. The maximum Gasteiger partial charge on any atom is 0.321 e. The molecular formula is C11H22N2O3S. The lowest BCUT2D eigenvalue weighted by Crippen LogP contribution is -2.48. The van der Waals surface area contributed by atoms with Gasteiger partial charge in [-0.3, -0.25) is 9.59 Å². The van der Waals surface area contributed by atoms with E-state index in [0.717, 1.165) is 0 Å². The summed E-state index contributed by atoms with van der Waals surface area (Å²) in [4.78, 5) is 22.4. The first-order valence-electron chi connectivity index (χ1n) is 5.39. The number of carbonyl (C=O) groups is 2. The predicted octanol–water partition coefficient (Wildman–Crippen LogP) is 0.825. The number of carboxylic acid groups (broad SMARTS) is 1. The van der Waals surface area contributed by atoms with Crippen LogP contribution in [0.3, 0.4) is 0 Å². The Balaban J connectivity index is 4.28. The molecule has 0 saturated carbocycles. The molecule has 0 aromatic rings. The minimum Gasteiger partial charge on any atom is -0.480 e. The highest BCUT2D eigenvalue weighted by atomic mass is 32.2. The summed E-state index contributed by atoms with van der Waals surface area (Å²) in [5, 5.41) is 11.6. The molecule has 4 N–H and O–H groups in total. The van der Waals surface area contributed by atoms with Crippen molar-refractivity contribution >= 4 is 23.6 Å². The van der Waals surface area contributed by atoms with Crippen molar-refractivity contribution in [3.63, 3.8) is 0 Å². The van der Waals surface area contributed by atoms with Crippen molar-refractivity contribution in [2.24, 2.45) is 5.73 Å². The smallest absolute Gasteiger partial charge is 0.321 e. The van der Waals surface area contributed by atoms with Crippen molar-refractivity contribution in [1.82, 2.24) is 5.32 Å². The molecule has 0 unspecified atom stereocenters. The molecule has 0 aromatic heterocycles. The number of rotatable bonds is 5. The molecule has 0 fully saturated rings. The number of aliphatic carboxylic acids is 1. The Morgan fingerprint density at radius 3 is 2.12 bits per heavy atom. The Kier molecular flexibility index (Phi) is 5.48. The fourth-order valence-electron chi connectivity index (χ4n) is 1.09. The average molecular weight is 262 g/mol. The first kappa shape index (κ1) is 16.2. The first-order chi connectivity index (χ1) is 7.46. The summed E-state index contributed by atoms with van der Waals surface area (Å²) in [6, 6.07) is -0.991. The first-order valence-corrected chi connectivity index (χ1v) is 6.37. The SMILES string of the molecule is CC(C)(C)NC(=O)CSC(C)(C)[C@H](N)C(=O)O. The molecule has 0 bridgehead atoms. The summed E-state index contributed by atoms with van der Waals surface area (Å²) in [6.45, 7) is 9.12. The van der Waals surface area contributed by atoms with Gasteiger partial charge in [0.1, 0.15) is 6.04 Å². The van der Waals surface area contributed by atoms with Crippen LogP contribution in [0.5, 0.6) is 0 Å². The fourth-order valence-corrected chi connectivity index (χ4v) is 1.95. The van der Waals surface area contributed by atoms with E-state index in [4.69, 9.17) is 10.8 Å². The highest BCUT2D eigenvalue weighted by molar-refractivity contribution is 8.01. The highest BCUT2D eigenvalue weighted by Crippen LogP contribution is 2.27. The summed E-state index contributed by atoms with van der Waals surface area (Å²) in [7, 11) is 0. The molecule has 0 spiro atoms. The van der Waals surface area contributed by atoms with Crippen LogP contribution in [0.25, 0.3) is 0 Å². The van der Waals surface area contributed by atoms with Gasteiger partial charge in [-0.1, -0.05) is 0 Å². The Bertz CT molecular complexity index is 298. The van der Waals surface area contributed by atoms with E-state index in [1.165, 1.54) is 11.8 Å². The van der Waals surface area contributed by atoms with Gasteiger partial charge in [-0.2, -0.15) is 0 Å². The zero-order chi connectivity index (χ0) is 13.9. The van der Waals surface area contributed by atoms with Gasteiger partial charge >= 0.3 is 5.97 Å². The monoisotopic (exact) mass is 262 g/mol. The quantitative estimate of drug-likeness (QED) is 0.682. The lowest BCUT2D eigenvalue weighted by molar-refractivity contribution is -0.139. The average Bonchev–Trinajstić information content (AvgIpc) is 2.11. The highest BCUT2D eigenvalue weighted by Gasteiger charge is 2.33. The zero-order valence-electron chi connectivity index (χ0n) is 11.0. The standard InChI is InChI=1S/C11H22N2O3S/c1-10(2,3)13-7(14)6-17-11(4,5)8(12)9(15)16/h8H,6,12H2,1-5H3,(H,13,14)(H,15,16)/t8-/m1/s1. The fraction of sp³-hybridized carbons (Fsp3) is 0.818. The van der Waals surface area contributed by atoms with Gasteiger partial charge in [-0.25, -0.2) is 0 Å². The van der Waals surface area contributed by atoms with Crippen LogP contribution in [0.1, 0.15) is 34.6 Å². The van der Waals surface area contributed by atoms with Crippen molar-refractivity contribution in [3.05, 3.63) is 0 Å². The van der Waals surface area contributed by atoms with Gasteiger partial charge in [0, 0.05) is 10.3 Å². The third-order valence-electron chi connectivity index (χ3n) is 2.10. The van der Waals surface area contributed by atoms with Crippen molar-refractivity contribution in [1.29, 1.82) is 0 Å². The van der Waals surface area contributed by atoms with Gasteiger partial charge < -0.3 is 16.2 Å². The van der Waals surface area contributed by atoms with Gasteiger partial charge in [-0.05, 0) is 34.6 Å². The summed E-state index contributed by atoms with van der Waals surface area (Å²) >= 11 is 1.25. The molecule has 1 amide bonds. The molecule has 1 atom stereocenters. The van der Waals surface area contributed by atoms with Crippen LogP contribution >= 0.6 is 11.8 Å². The Morgan fingerprint density at radius 2 is 1.76 bits per heavy atom. The van der Waals surface area contributed by atoms with E-state index in [1.807, 2.05) is 20.8 Å². The van der Waals surface area contributed by atoms with Crippen molar-refractivity contribution in [2.75, 3.05) is 5.75 Å². The maximum absolute atomic E-state index is 11.6. The molecule has 0 aliphatic rings. The van der Waals surface area contributed by atoms with Crippen molar-refractivity contribution in [2.45, 2.75) is 50.9 Å². The molecule has 5 nitrogen and oxygen atoms in total. The number of carbonyl (C=O) groups excluding carboxylic acids is 1. The number of amides is 1. The van der Waals surface area contributed by atoms with E-state index < -0.39 is 16.8 Å². The Labute approximate surface area is 107 Å². The molecule has 17 heavy (non-hydrogen) atoms. The number of nitrogens with one attached hydrogen (secondary N) is 1. The lowest BCUT2D eigenvalue weighted by Gasteiger charge is -2.28. The largest absolute Gasteiger partial charge is 0.480 e. The summed E-state index contributed by atoms with van der Waals surface area (Å²) in [6.07, 6.45) is 0. The third-order valence-corrected chi connectivity index (χ3v) is 3.51. The van der Waals surface area contributed by atoms with E-state index >= 15 is 0 Å². The summed E-state index contributed by atoms with van der Waals surface area (Å²) < 4.78 is -0.680. The zero-order valence-corrected chi connectivity index (χ0v) is 11.9. The molecule has 0 saturated heterocycles. The van der Waals surface area contributed by atoms with Crippen LogP contribution in [0.4, 0.5) is 0 Å². The Hall–Kier alpha value is -0.750. The molecule has 0 heterocycles. The normalized spacial score (nSPS) is 14.2. The Morgan fingerprint density at radius 1 is 1.29 bits per heavy atom. The van der Waals surface area contributed by atoms with E-state index in [0.29, 0.717) is 0 Å². The van der Waals surface area contributed by atoms with Crippen LogP contribution in [-0.4, -0.2) is 39.1 Å². The van der Waals surface area contributed by atoms with Gasteiger partial charge in [-0.15, -0.1) is 11.8 Å². The molecule has 100 valence electrons. The van der Waals surface area contributed by atoms with Crippen LogP contribution in [0.15, 0.2) is 0 Å². The molecule has 0 aliphatic heterocycles. The summed E-state index contributed by atoms with van der Waals surface area (Å²) in [5.41, 5.74) is 5.27. The van der Waals surface area contributed by atoms with E-state index in [2.05, 4.69) is 5.32 Å². The van der Waals surface area contributed by atoms with Crippen LogP contribution in [-0.2, 0) is 9.59 Å². The maximum atomic E-state index is 11.6. The topological polar surface area (TPSA) is 92.4 Å². The van der Waals surface area contributed by atoms with E-state index in [-0.39, 0.29) is 17.2 Å².